The fourth-order valence-corrected chi connectivity index (χ4v) is 3.37. The van der Waals surface area contributed by atoms with Crippen LogP contribution in [0.15, 0.2) is 0 Å². The van der Waals surface area contributed by atoms with E-state index in [0.717, 1.165) is 31.3 Å². The lowest BCUT2D eigenvalue weighted by atomic mass is 9.86. The average Bonchev–Trinajstić information content (AvgIpc) is 2.87. The van der Waals surface area contributed by atoms with Crippen LogP contribution in [0, 0.1) is 17.8 Å². The number of fused-ring (bicyclic) bond motifs is 1. The Hall–Kier alpha value is -0.530. The molecule has 0 spiro atoms. The highest BCUT2D eigenvalue weighted by Gasteiger charge is 2.46. The van der Waals surface area contributed by atoms with Gasteiger partial charge in [-0.2, -0.15) is 0 Å². The summed E-state index contributed by atoms with van der Waals surface area (Å²) < 4.78 is 0. The summed E-state index contributed by atoms with van der Waals surface area (Å²) in [7, 11) is 0. The summed E-state index contributed by atoms with van der Waals surface area (Å²) in [5, 5.41) is 0. The lowest BCUT2D eigenvalue weighted by Gasteiger charge is -2.24. The number of amides is 1. The molecule has 3 aliphatic rings. The predicted molar refractivity (Wildman–Crippen MR) is 59.4 cm³/mol. The van der Waals surface area contributed by atoms with Crippen molar-refractivity contribution in [1.82, 2.24) is 4.90 Å². The SMILES string of the molecule is O=C(CC1CCCCC1)N1CC2CC2C1. The van der Waals surface area contributed by atoms with Crippen LogP contribution in [-0.4, -0.2) is 23.9 Å². The van der Waals surface area contributed by atoms with Crippen LogP contribution in [0.4, 0.5) is 0 Å². The van der Waals surface area contributed by atoms with Gasteiger partial charge in [0.25, 0.3) is 0 Å². The zero-order valence-corrected chi connectivity index (χ0v) is 9.45. The quantitative estimate of drug-likeness (QED) is 0.681. The molecule has 84 valence electrons. The third kappa shape index (κ3) is 2.04. The van der Waals surface area contributed by atoms with E-state index in [1.54, 1.807) is 0 Å². The van der Waals surface area contributed by atoms with Crippen molar-refractivity contribution in [3.8, 4) is 0 Å². The first kappa shape index (κ1) is 9.68. The van der Waals surface area contributed by atoms with Gasteiger partial charge in [0.15, 0.2) is 0 Å². The topological polar surface area (TPSA) is 20.3 Å². The molecule has 2 saturated carbocycles. The van der Waals surface area contributed by atoms with E-state index >= 15 is 0 Å². The van der Waals surface area contributed by atoms with Crippen molar-refractivity contribution in [2.75, 3.05) is 13.1 Å². The van der Waals surface area contributed by atoms with Crippen LogP contribution in [0.1, 0.15) is 44.9 Å². The van der Waals surface area contributed by atoms with Crippen LogP contribution in [0.2, 0.25) is 0 Å². The van der Waals surface area contributed by atoms with Gasteiger partial charge in [0.05, 0.1) is 0 Å². The summed E-state index contributed by atoms with van der Waals surface area (Å²) in [6, 6.07) is 0. The Labute approximate surface area is 92.0 Å². The number of piperidine rings is 1. The van der Waals surface area contributed by atoms with Crippen LogP contribution >= 0.6 is 0 Å². The van der Waals surface area contributed by atoms with Gasteiger partial charge in [0, 0.05) is 19.5 Å². The summed E-state index contributed by atoms with van der Waals surface area (Å²) in [6.45, 7) is 2.16. The Kier molecular flexibility index (Phi) is 2.45. The number of hydrogen-bond acceptors (Lipinski definition) is 1. The lowest BCUT2D eigenvalue weighted by molar-refractivity contribution is -0.131. The Bertz CT molecular complexity index is 247. The molecule has 0 N–H and O–H groups in total. The standard InChI is InChI=1S/C13H21NO/c15-13(6-10-4-2-1-3-5-10)14-8-11-7-12(11)9-14/h10-12H,1-9H2. The number of likely N-dealkylation sites (tertiary alicyclic amines) is 1. The Balaban J connectivity index is 1.47. The van der Waals surface area contributed by atoms with Gasteiger partial charge >= 0.3 is 0 Å². The third-order valence-electron chi connectivity index (χ3n) is 4.52. The molecule has 3 rings (SSSR count). The predicted octanol–water partition coefficient (Wildman–Crippen LogP) is 2.44. The van der Waals surface area contributed by atoms with E-state index in [9.17, 15) is 4.79 Å². The Morgan fingerprint density at radius 3 is 2.40 bits per heavy atom. The van der Waals surface area contributed by atoms with Gasteiger partial charge in [0.2, 0.25) is 5.91 Å². The Morgan fingerprint density at radius 1 is 1.07 bits per heavy atom. The average molecular weight is 207 g/mol. The van der Waals surface area contributed by atoms with Gasteiger partial charge in [-0.15, -0.1) is 0 Å². The summed E-state index contributed by atoms with van der Waals surface area (Å²) in [5.41, 5.74) is 0. The minimum absolute atomic E-state index is 0.453. The van der Waals surface area contributed by atoms with Crippen molar-refractivity contribution in [3.63, 3.8) is 0 Å². The minimum atomic E-state index is 0.453. The summed E-state index contributed by atoms with van der Waals surface area (Å²) in [6.07, 6.45) is 8.93. The molecule has 0 radical (unpaired) electrons. The molecule has 0 bridgehead atoms. The molecule has 2 aliphatic carbocycles. The molecule has 2 heteroatoms. The molecule has 0 aromatic heterocycles. The van der Waals surface area contributed by atoms with Crippen molar-refractivity contribution in [1.29, 1.82) is 0 Å². The molecule has 2 atom stereocenters. The van der Waals surface area contributed by atoms with E-state index in [1.165, 1.54) is 38.5 Å². The number of nitrogens with zero attached hydrogens (tertiary/aromatic N) is 1. The second kappa shape index (κ2) is 3.80. The van der Waals surface area contributed by atoms with Gasteiger partial charge in [-0.25, -0.2) is 0 Å². The number of carbonyl (C=O) groups excluding carboxylic acids is 1. The smallest absolute Gasteiger partial charge is 0.222 e. The normalized spacial score (nSPS) is 35.3. The molecule has 0 aromatic carbocycles. The number of carbonyl (C=O) groups is 1. The van der Waals surface area contributed by atoms with E-state index in [0.29, 0.717) is 11.8 Å². The van der Waals surface area contributed by atoms with E-state index in [-0.39, 0.29) is 0 Å². The van der Waals surface area contributed by atoms with E-state index in [2.05, 4.69) is 4.90 Å². The number of hydrogen-bond donors (Lipinski definition) is 0. The van der Waals surface area contributed by atoms with E-state index < -0.39 is 0 Å². The molecule has 1 amide bonds. The second-order valence-corrected chi connectivity index (χ2v) is 5.76. The largest absolute Gasteiger partial charge is 0.342 e. The van der Waals surface area contributed by atoms with Crippen LogP contribution in [-0.2, 0) is 4.79 Å². The lowest BCUT2D eigenvalue weighted by Crippen LogP contribution is -2.32. The third-order valence-corrected chi connectivity index (χ3v) is 4.52. The van der Waals surface area contributed by atoms with Crippen molar-refractivity contribution in [2.24, 2.45) is 17.8 Å². The second-order valence-electron chi connectivity index (χ2n) is 5.76. The van der Waals surface area contributed by atoms with Gasteiger partial charge in [-0.1, -0.05) is 19.3 Å². The fourth-order valence-electron chi connectivity index (χ4n) is 3.37. The highest BCUT2D eigenvalue weighted by molar-refractivity contribution is 5.77. The van der Waals surface area contributed by atoms with Crippen molar-refractivity contribution in [3.05, 3.63) is 0 Å². The number of rotatable bonds is 2. The molecule has 1 aliphatic heterocycles. The minimum Gasteiger partial charge on any atom is -0.342 e. The molecule has 2 unspecified atom stereocenters. The molecular weight excluding hydrogens is 186 g/mol. The molecule has 1 heterocycles. The molecule has 0 aromatic rings. The molecular formula is C13H21NO. The van der Waals surface area contributed by atoms with Gasteiger partial charge in [-0.05, 0) is 37.0 Å². The van der Waals surface area contributed by atoms with Crippen molar-refractivity contribution in [2.45, 2.75) is 44.9 Å². The van der Waals surface area contributed by atoms with Gasteiger partial charge in [-0.3, -0.25) is 4.79 Å². The molecule has 3 fully saturated rings. The summed E-state index contributed by atoms with van der Waals surface area (Å²) in [4.78, 5) is 14.1. The first-order chi connectivity index (χ1) is 7.33. The zero-order valence-electron chi connectivity index (χ0n) is 9.45. The monoisotopic (exact) mass is 207 g/mol. The first-order valence-corrected chi connectivity index (χ1v) is 6.60. The van der Waals surface area contributed by atoms with Crippen molar-refractivity contribution < 1.29 is 4.79 Å². The highest BCUT2D eigenvalue weighted by Crippen LogP contribution is 2.45. The zero-order chi connectivity index (χ0) is 10.3. The van der Waals surface area contributed by atoms with Gasteiger partial charge in [0.1, 0.15) is 0 Å². The summed E-state index contributed by atoms with van der Waals surface area (Å²) >= 11 is 0. The van der Waals surface area contributed by atoms with E-state index in [1.807, 2.05) is 0 Å². The van der Waals surface area contributed by atoms with Crippen molar-refractivity contribution >= 4 is 5.91 Å². The fraction of sp³-hybridized carbons (Fsp3) is 0.923. The highest BCUT2D eigenvalue weighted by atomic mass is 16.2. The molecule has 2 nitrogen and oxygen atoms in total. The van der Waals surface area contributed by atoms with Gasteiger partial charge < -0.3 is 4.90 Å². The van der Waals surface area contributed by atoms with E-state index in [4.69, 9.17) is 0 Å². The molecule has 15 heavy (non-hydrogen) atoms. The molecule has 1 saturated heterocycles. The van der Waals surface area contributed by atoms with Crippen LogP contribution in [0.3, 0.4) is 0 Å². The Morgan fingerprint density at radius 2 is 1.73 bits per heavy atom. The maximum atomic E-state index is 12.0. The van der Waals surface area contributed by atoms with Crippen LogP contribution < -0.4 is 0 Å². The first-order valence-electron chi connectivity index (χ1n) is 6.60. The maximum Gasteiger partial charge on any atom is 0.222 e. The van der Waals surface area contributed by atoms with Crippen LogP contribution in [0.25, 0.3) is 0 Å². The van der Waals surface area contributed by atoms with Crippen LogP contribution in [0.5, 0.6) is 0 Å². The summed E-state index contributed by atoms with van der Waals surface area (Å²) in [5.74, 6) is 2.94. The maximum absolute atomic E-state index is 12.0.